The first-order valence-electron chi connectivity index (χ1n) is 6.74. The topological polar surface area (TPSA) is 64.2 Å². The largest absolute Gasteiger partial charge is 0.342 e. The molecule has 2 N–H and O–H groups in total. The van der Waals surface area contributed by atoms with Gasteiger partial charge in [0.2, 0.25) is 5.91 Å². The molecule has 0 saturated carbocycles. The molecule has 0 aromatic carbocycles. The number of nitrogens with zero attached hydrogens (tertiary/aromatic N) is 3. The standard InChI is InChI=1S/C13H22N4O/c1-2-17-10-11(9-15-17)7-12(8-14)13(18)16-5-3-4-6-16/h9-10,12H,2-8,14H2,1H3. The third-order valence-corrected chi connectivity index (χ3v) is 3.54. The normalized spacial score (nSPS) is 17.1. The van der Waals surface area contributed by atoms with Crippen molar-refractivity contribution in [2.75, 3.05) is 19.6 Å². The van der Waals surface area contributed by atoms with E-state index >= 15 is 0 Å². The van der Waals surface area contributed by atoms with Crippen LogP contribution < -0.4 is 5.73 Å². The van der Waals surface area contributed by atoms with Gasteiger partial charge in [-0.05, 0) is 31.7 Å². The molecule has 1 aliphatic rings. The first-order valence-corrected chi connectivity index (χ1v) is 6.74. The maximum Gasteiger partial charge on any atom is 0.227 e. The maximum atomic E-state index is 12.3. The summed E-state index contributed by atoms with van der Waals surface area (Å²) >= 11 is 0. The van der Waals surface area contributed by atoms with E-state index in [2.05, 4.69) is 5.10 Å². The van der Waals surface area contributed by atoms with Crippen LogP contribution in [0.5, 0.6) is 0 Å². The third kappa shape index (κ3) is 2.90. The van der Waals surface area contributed by atoms with E-state index in [1.807, 2.05) is 28.9 Å². The summed E-state index contributed by atoms with van der Waals surface area (Å²) in [7, 11) is 0. The smallest absolute Gasteiger partial charge is 0.227 e. The van der Waals surface area contributed by atoms with Gasteiger partial charge >= 0.3 is 0 Å². The number of aryl methyl sites for hydroxylation is 1. The van der Waals surface area contributed by atoms with Crippen molar-refractivity contribution in [3.05, 3.63) is 18.0 Å². The average molecular weight is 250 g/mol. The van der Waals surface area contributed by atoms with E-state index in [-0.39, 0.29) is 11.8 Å². The fourth-order valence-corrected chi connectivity index (χ4v) is 2.44. The van der Waals surface area contributed by atoms with Gasteiger partial charge in [0.15, 0.2) is 0 Å². The van der Waals surface area contributed by atoms with Crippen LogP contribution in [0.4, 0.5) is 0 Å². The highest BCUT2D eigenvalue weighted by Crippen LogP contribution is 2.15. The minimum absolute atomic E-state index is 0.0994. The van der Waals surface area contributed by atoms with Crippen molar-refractivity contribution >= 4 is 5.91 Å². The van der Waals surface area contributed by atoms with E-state index in [9.17, 15) is 4.79 Å². The highest BCUT2D eigenvalue weighted by Gasteiger charge is 2.25. The van der Waals surface area contributed by atoms with Crippen LogP contribution >= 0.6 is 0 Å². The molecule has 18 heavy (non-hydrogen) atoms. The molecule has 0 spiro atoms. The Morgan fingerprint density at radius 2 is 2.22 bits per heavy atom. The van der Waals surface area contributed by atoms with Gasteiger partial charge in [0.1, 0.15) is 0 Å². The van der Waals surface area contributed by atoms with Crippen LogP contribution in [0.25, 0.3) is 0 Å². The Morgan fingerprint density at radius 3 is 2.78 bits per heavy atom. The predicted octanol–water partition coefficient (Wildman–Crippen LogP) is 0.643. The monoisotopic (exact) mass is 250 g/mol. The molecule has 100 valence electrons. The second-order valence-corrected chi connectivity index (χ2v) is 4.87. The van der Waals surface area contributed by atoms with E-state index in [1.54, 1.807) is 0 Å². The van der Waals surface area contributed by atoms with Crippen molar-refractivity contribution in [3.63, 3.8) is 0 Å². The summed E-state index contributed by atoms with van der Waals surface area (Å²) in [6, 6.07) is 0. The lowest BCUT2D eigenvalue weighted by molar-refractivity contribution is -0.134. The fraction of sp³-hybridized carbons (Fsp3) is 0.692. The highest BCUT2D eigenvalue weighted by molar-refractivity contribution is 5.79. The van der Waals surface area contributed by atoms with Gasteiger partial charge in [0.25, 0.3) is 0 Å². The molecule has 1 aromatic rings. The SMILES string of the molecule is CCn1cc(CC(CN)C(=O)N2CCCC2)cn1. The van der Waals surface area contributed by atoms with E-state index in [1.165, 1.54) is 0 Å². The van der Waals surface area contributed by atoms with Crippen LogP contribution in [0.3, 0.4) is 0 Å². The first kappa shape index (κ1) is 13.1. The molecule has 0 aliphatic carbocycles. The van der Waals surface area contributed by atoms with E-state index in [0.29, 0.717) is 13.0 Å². The van der Waals surface area contributed by atoms with Crippen molar-refractivity contribution in [1.82, 2.24) is 14.7 Å². The number of carbonyl (C=O) groups is 1. The van der Waals surface area contributed by atoms with Gasteiger partial charge < -0.3 is 10.6 Å². The fourth-order valence-electron chi connectivity index (χ4n) is 2.44. The van der Waals surface area contributed by atoms with Crippen LogP contribution in [0.2, 0.25) is 0 Å². The van der Waals surface area contributed by atoms with Gasteiger partial charge in [0.05, 0.1) is 12.1 Å². The number of amides is 1. The van der Waals surface area contributed by atoms with E-state index in [4.69, 9.17) is 5.73 Å². The Morgan fingerprint density at radius 1 is 1.50 bits per heavy atom. The van der Waals surface area contributed by atoms with E-state index in [0.717, 1.165) is 38.0 Å². The molecule has 0 bridgehead atoms. The number of aromatic nitrogens is 2. The summed E-state index contributed by atoms with van der Waals surface area (Å²) in [4.78, 5) is 14.2. The Balaban J connectivity index is 1.97. The summed E-state index contributed by atoms with van der Waals surface area (Å²) in [5, 5.41) is 4.23. The molecular weight excluding hydrogens is 228 g/mol. The number of carbonyl (C=O) groups excluding carboxylic acids is 1. The summed E-state index contributed by atoms with van der Waals surface area (Å²) in [6.45, 7) is 5.10. The van der Waals surface area contributed by atoms with Gasteiger partial charge in [-0.25, -0.2) is 0 Å². The van der Waals surface area contributed by atoms with Crippen LogP contribution in [-0.4, -0.2) is 40.2 Å². The number of nitrogens with two attached hydrogens (primary N) is 1. The summed E-state index contributed by atoms with van der Waals surface area (Å²) < 4.78 is 1.88. The Bertz CT molecular complexity index is 395. The molecule has 1 amide bonds. The number of hydrogen-bond donors (Lipinski definition) is 1. The van der Waals surface area contributed by atoms with Crippen molar-refractivity contribution in [3.8, 4) is 0 Å². The van der Waals surface area contributed by atoms with Crippen molar-refractivity contribution in [2.45, 2.75) is 32.7 Å². The molecule has 0 radical (unpaired) electrons. The molecular formula is C13H22N4O. The van der Waals surface area contributed by atoms with Crippen molar-refractivity contribution in [1.29, 1.82) is 0 Å². The Kier molecular flexibility index (Phi) is 4.36. The number of likely N-dealkylation sites (tertiary alicyclic amines) is 1. The van der Waals surface area contributed by atoms with Gasteiger partial charge in [-0.3, -0.25) is 9.48 Å². The lowest BCUT2D eigenvalue weighted by Gasteiger charge is -2.21. The van der Waals surface area contributed by atoms with Crippen LogP contribution in [0.1, 0.15) is 25.3 Å². The van der Waals surface area contributed by atoms with Crippen LogP contribution in [-0.2, 0) is 17.8 Å². The Hall–Kier alpha value is -1.36. The zero-order valence-electron chi connectivity index (χ0n) is 11.0. The van der Waals surface area contributed by atoms with Gasteiger partial charge in [-0.15, -0.1) is 0 Å². The maximum absolute atomic E-state index is 12.3. The first-order chi connectivity index (χ1) is 8.74. The quantitative estimate of drug-likeness (QED) is 0.834. The zero-order valence-corrected chi connectivity index (χ0v) is 11.0. The molecule has 2 rings (SSSR count). The second-order valence-electron chi connectivity index (χ2n) is 4.87. The summed E-state index contributed by atoms with van der Waals surface area (Å²) in [6.07, 6.45) is 6.78. The Labute approximate surface area is 108 Å². The third-order valence-electron chi connectivity index (χ3n) is 3.54. The number of hydrogen-bond acceptors (Lipinski definition) is 3. The van der Waals surface area contributed by atoms with Gasteiger partial charge in [0, 0.05) is 32.4 Å². The molecule has 5 heteroatoms. The minimum Gasteiger partial charge on any atom is -0.342 e. The minimum atomic E-state index is -0.0994. The zero-order chi connectivity index (χ0) is 13.0. The van der Waals surface area contributed by atoms with Crippen LogP contribution in [0, 0.1) is 5.92 Å². The summed E-state index contributed by atoms with van der Waals surface area (Å²) in [5.41, 5.74) is 6.85. The van der Waals surface area contributed by atoms with Crippen molar-refractivity contribution < 1.29 is 4.79 Å². The average Bonchev–Trinajstić information content (AvgIpc) is 3.06. The molecule has 5 nitrogen and oxygen atoms in total. The lowest BCUT2D eigenvalue weighted by atomic mass is 10.0. The molecule has 1 saturated heterocycles. The molecule has 1 aliphatic heterocycles. The molecule has 2 heterocycles. The highest BCUT2D eigenvalue weighted by atomic mass is 16.2. The second kappa shape index (κ2) is 6.00. The molecule has 1 atom stereocenters. The predicted molar refractivity (Wildman–Crippen MR) is 70.0 cm³/mol. The molecule has 1 unspecified atom stereocenters. The number of rotatable bonds is 5. The molecule has 1 fully saturated rings. The molecule has 1 aromatic heterocycles. The van der Waals surface area contributed by atoms with Gasteiger partial charge in [-0.2, -0.15) is 5.10 Å². The van der Waals surface area contributed by atoms with E-state index < -0.39 is 0 Å². The summed E-state index contributed by atoms with van der Waals surface area (Å²) in [5.74, 6) is 0.108. The lowest BCUT2D eigenvalue weighted by Crippen LogP contribution is -2.38. The van der Waals surface area contributed by atoms with Crippen LogP contribution in [0.15, 0.2) is 12.4 Å². The van der Waals surface area contributed by atoms with Gasteiger partial charge in [-0.1, -0.05) is 0 Å². The van der Waals surface area contributed by atoms with Crippen molar-refractivity contribution in [2.24, 2.45) is 11.7 Å².